The first kappa shape index (κ1) is 13.1. The topological polar surface area (TPSA) is 56.1 Å². The van der Waals surface area contributed by atoms with E-state index in [0.29, 0.717) is 11.7 Å². The van der Waals surface area contributed by atoms with Crippen LogP contribution in [0.2, 0.25) is 0 Å². The number of fused-ring (bicyclic) bond motifs is 3. The second kappa shape index (κ2) is 5.30. The molecule has 0 saturated carbocycles. The van der Waals surface area contributed by atoms with Crippen molar-refractivity contribution in [2.75, 3.05) is 29.4 Å². The van der Waals surface area contributed by atoms with E-state index in [0.717, 1.165) is 38.3 Å². The van der Waals surface area contributed by atoms with Crippen LogP contribution in [0.3, 0.4) is 0 Å². The van der Waals surface area contributed by atoms with Gasteiger partial charge in [-0.05, 0) is 24.5 Å². The largest absolute Gasteiger partial charge is 0.366 e. The summed E-state index contributed by atoms with van der Waals surface area (Å²) in [5.74, 6) is 0.817. The lowest BCUT2D eigenvalue weighted by atomic mass is 10.1. The van der Waals surface area contributed by atoms with Crippen LogP contribution >= 0.6 is 0 Å². The molecule has 22 heavy (non-hydrogen) atoms. The maximum absolute atomic E-state index is 9.01. The van der Waals surface area contributed by atoms with Gasteiger partial charge in [-0.15, -0.1) is 0 Å². The molecule has 0 N–H and O–H groups in total. The van der Waals surface area contributed by atoms with E-state index in [9.17, 15) is 0 Å². The monoisotopic (exact) mass is 291 g/mol. The molecular formula is C17H17N5. The van der Waals surface area contributed by atoms with Gasteiger partial charge in [-0.2, -0.15) is 5.26 Å². The molecule has 1 aromatic carbocycles. The summed E-state index contributed by atoms with van der Waals surface area (Å²) in [4.78, 5) is 13.3. The fourth-order valence-electron chi connectivity index (χ4n) is 3.54. The van der Waals surface area contributed by atoms with E-state index in [-0.39, 0.29) is 0 Å². The number of anilines is 2. The van der Waals surface area contributed by atoms with E-state index in [1.54, 1.807) is 6.20 Å². The van der Waals surface area contributed by atoms with Crippen LogP contribution in [-0.2, 0) is 6.42 Å². The van der Waals surface area contributed by atoms with Crippen molar-refractivity contribution in [1.29, 1.82) is 5.26 Å². The number of benzene rings is 1. The van der Waals surface area contributed by atoms with E-state index >= 15 is 0 Å². The van der Waals surface area contributed by atoms with Crippen LogP contribution in [0.15, 0.2) is 36.7 Å². The molecule has 110 valence electrons. The van der Waals surface area contributed by atoms with Crippen LogP contribution in [0.1, 0.15) is 17.7 Å². The highest BCUT2D eigenvalue weighted by Gasteiger charge is 2.32. The fraction of sp³-hybridized carbons (Fsp3) is 0.353. The Morgan fingerprint density at radius 2 is 2.09 bits per heavy atom. The van der Waals surface area contributed by atoms with Gasteiger partial charge in [0.15, 0.2) is 5.69 Å². The molecule has 3 heterocycles. The predicted molar refractivity (Wildman–Crippen MR) is 84.9 cm³/mol. The van der Waals surface area contributed by atoms with Gasteiger partial charge in [0.05, 0.1) is 18.4 Å². The van der Waals surface area contributed by atoms with Gasteiger partial charge in [0, 0.05) is 25.3 Å². The number of aromatic nitrogens is 2. The molecule has 0 radical (unpaired) electrons. The summed E-state index contributed by atoms with van der Waals surface area (Å²) in [6, 6.07) is 11.2. The third kappa shape index (κ3) is 2.17. The molecular weight excluding hydrogens is 274 g/mol. The van der Waals surface area contributed by atoms with Crippen molar-refractivity contribution in [3.63, 3.8) is 0 Å². The van der Waals surface area contributed by atoms with Crippen molar-refractivity contribution >= 4 is 11.5 Å². The predicted octanol–water partition coefficient (Wildman–Crippen LogP) is 1.99. The Kier molecular flexibility index (Phi) is 3.15. The molecule has 1 fully saturated rings. The zero-order chi connectivity index (χ0) is 14.9. The highest BCUT2D eigenvalue weighted by molar-refractivity contribution is 5.60. The number of hydrogen-bond donors (Lipinski definition) is 0. The van der Waals surface area contributed by atoms with Gasteiger partial charge in [-0.25, -0.2) is 4.98 Å². The van der Waals surface area contributed by atoms with Gasteiger partial charge in [-0.3, -0.25) is 4.98 Å². The maximum atomic E-state index is 9.01. The molecule has 2 aliphatic heterocycles. The second-order valence-electron chi connectivity index (χ2n) is 5.85. The Labute approximate surface area is 129 Å². The molecule has 2 aliphatic rings. The lowest BCUT2D eigenvalue weighted by Gasteiger charge is -2.27. The van der Waals surface area contributed by atoms with Crippen LogP contribution in [0.4, 0.5) is 11.5 Å². The van der Waals surface area contributed by atoms with E-state index in [1.807, 2.05) is 0 Å². The minimum absolute atomic E-state index is 0.383. The Balaban J connectivity index is 1.61. The van der Waals surface area contributed by atoms with E-state index in [2.05, 4.69) is 50.1 Å². The minimum atomic E-state index is 0.383. The highest BCUT2D eigenvalue weighted by Crippen LogP contribution is 2.34. The molecule has 1 saturated heterocycles. The molecule has 0 amide bonds. The van der Waals surface area contributed by atoms with Gasteiger partial charge < -0.3 is 9.80 Å². The lowest BCUT2D eigenvalue weighted by Crippen LogP contribution is -2.39. The highest BCUT2D eigenvalue weighted by atomic mass is 15.3. The zero-order valence-electron chi connectivity index (χ0n) is 12.3. The van der Waals surface area contributed by atoms with Gasteiger partial charge in [0.2, 0.25) is 0 Å². The van der Waals surface area contributed by atoms with Crippen molar-refractivity contribution in [2.45, 2.75) is 18.9 Å². The van der Waals surface area contributed by atoms with Crippen molar-refractivity contribution in [3.8, 4) is 6.07 Å². The van der Waals surface area contributed by atoms with Gasteiger partial charge >= 0.3 is 0 Å². The number of rotatable bonds is 1. The lowest BCUT2D eigenvalue weighted by molar-refractivity contribution is 0.646. The van der Waals surface area contributed by atoms with Crippen LogP contribution in [0.5, 0.6) is 0 Å². The first-order valence-electron chi connectivity index (χ1n) is 7.67. The summed E-state index contributed by atoms with van der Waals surface area (Å²) in [5, 5.41) is 9.01. The van der Waals surface area contributed by atoms with Crippen LogP contribution in [0.25, 0.3) is 0 Å². The maximum Gasteiger partial charge on any atom is 0.161 e. The Hall–Kier alpha value is -2.61. The number of para-hydroxylation sites is 1. The van der Waals surface area contributed by atoms with E-state index in [1.165, 1.54) is 17.4 Å². The van der Waals surface area contributed by atoms with Crippen molar-refractivity contribution in [2.24, 2.45) is 0 Å². The molecule has 0 aliphatic carbocycles. The first-order valence-corrected chi connectivity index (χ1v) is 7.67. The quantitative estimate of drug-likeness (QED) is 0.804. The summed E-state index contributed by atoms with van der Waals surface area (Å²) in [6.07, 6.45) is 5.44. The van der Waals surface area contributed by atoms with Gasteiger partial charge in [0.25, 0.3) is 0 Å². The van der Waals surface area contributed by atoms with Crippen molar-refractivity contribution in [1.82, 2.24) is 9.97 Å². The fourth-order valence-corrected chi connectivity index (χ4v) is 3.54. The molecule has 0 unspecified atom stereocenters. The first-order chi connectivity index (χ1) is 10.8. The third-order valence-corrected chi connectivity index (χ3v) is 4.52. The number of hydrogen-bond acceptors (Lipinski definition) is 5. The second-order valence-corrected chi connectivity index (χ2v) is 5.85. The Bertz CT molecular complexity index is 736. The SMILES string of the molecule is N#Cc1cncc(N2CCCN3c4ccccc4C[C@@H]3C2)n1. The third-order valence-electron chi connectivity index (χ3n) is 4.52. The summed E-state index contributed by atoms with van der Waals surface area (Å²) >= 11 is 0. The summed E-state index contributed by atoms with van der Waals surface area (Å²) in [5.41, 5.74) is 3.20. The summed E-state index contributed by atoms with van der Waals surface area (Å²) in [6.45, 7) is 2.96. The molecule has 1 aromatic heterocycles. The van der Waals surface area contributed by atoms with Crippen LogP contribution < -0.4 is 9.80 Å². The average molecular weight is 291 g/mol. The number of nitrogens with zero attached hydrogens (tertiary/aromatic N) is 5. The summed E-state index contributed by atoms with van der Waals surface area (Å²) < 4.78 is 0. The average Bonchev–Trinajstić information content (AvgIpc) is 2.78. The van der Waals surface area contributed by atoms with E-state index in [4.69, 9.17) is 5.26 Å². The van der Waals surface area contributed by atoms with Gasteiger partial charge in [0.1, 0.15) is 11.9 Å². The van der Waals surface area contributed by atoms with Crippen LogP contribution in [-0.4, -0.2) is 35.6 Å². The zero-order valence-corrected chi connectivity index (χ0v) is 12.3. The molecule has 5 heteroatoms. The standard InChI is InChI=1S/C17H17N5/c18-9-14-10-19-11-17(20-14)21-6-3-7-22-15(12-21)8-13-4-1-2-5-16(13)22/h1-2,4-5,10-11,15H,3,6-8,12H2/t15-/m1/s1. The Morgan fingerprint density at radius 3 is 3.00 bits per heavy atom. The number of nitriles is 1. The summed E-state index contributed by atoms with van der Waals surface area (Å²) in [7, 11) is 0. The van der Waals surface area contributed by atoms with E-state index < -0.39 is 0 Å². The van der Waals surface area contributed by atoms with Crippen molar-refractivity contribution < 1.29 is 0 Å². The molecule has 0 spiro atoms. The molecule has 0 bridgehead atoms. The molecule has 5 nitrogen and oxygen atoms in total. The molecule has 4 rings (SSSR count). The van der Waals surface area contributed by atoms with Crippen molar-refractivity contribution in [3.05, 3.63) is 47.9 Å². The molecule has 2 aromatic rings. The Morgan fingerprint density at radius 1 is 1.18 bits per heavy atom. The normalized spacial score (nSPS) is 20.0. The smallest absolute Gasteiger partial charge is 0.161 e. The minimum Gasteiger partial charge on any atom is -0.366 e. The van der Waals surface area contributed by atoms with Gasteiger partial charge in [-0.1, -0.05) is 18.2 Å². The molecule has 1 atom stereocenters. The van der Waals surface area contributed by atoms with Crippen LogP contribution in [0, 0.1) is 11.3 Å².